The van der Waals surface area contributed by atoms with E-state index in [4.69, 9.17) is 0 Å². The summed E-state index contributed by atoms with van der Waals surface area (Å²) in [6.07, 6.45) is 5.96. The van der Waals surface area contributed by atoms with Crippen molar-refractivity contribution in [3.05, 3.63) is 0 Å². The van der Waals surface area contributed by atoms with Crippen molar-refractivity contribution in [3.8, 4) is 0 Å². The predicted molar refractivity (Wildman–Crippen MR) is 127 cm³/mol. The van der Waals surface area contributed by atoms with Crippen LogP contribution in [0.5, 0.6) is 0 Å². The van der Waals surface area contributed by atoms with Crippen molar-refractivity contribution >= 4 is 40.5 Å². The molecule has 0 aliphatic heterocycles. The van der Waals surface area contributed by atoms with E-state index in [1.165, 1.54) is 0 Å². The molecular weight excluding hydrogens is 516 g/mol. The van der Waals surface area contributed by atoms with Crippen molar-refractivity contribution in [2.45, 2.75) is 108 Å². The molecule has 1 aliphatic carbocycles. The van der Waals surface area contributed by atoms with Crippen LogP contribution in [0.1, 0.15) is 97.3 Å². The molecular formula is C19H38O10S4. The Labute approximate surface area is 200 Å². The van der Waals surface area contributed by atoms with Gasteiger partial charge >= 0.3 is 0 Å². The summed E-state index contributed by atoms with van der Waals surface area (Å²) in [4.78, 5) is 0. The van der Waals surface area contributed by atoms with E-state index in [9.17, 15) is 33.7 Å². The fourth-order valence-corrected chi connectivity index (χ4v) is 10.4. The summed E-state index contributed by atoms with van der Waals surface area (Å²) in [7, 11) is -17.0. The molecule has 33 heavy (non-hydrogen) atoms. The molecule has 1 unspecified atom stereocenters. The Morgan fingerprint density at radius 1 is 0.697 bits per heavy atom. The maximum Gasteiger partial charge on any atom is 0.284 e. The third-order valence-corrected chi connectivity index (χ3v) is 13.1. The van der Waals surface area contributed by atoms with Crippen molar-refractivity contribution in [1.29, 1.82) is 0 Å². The van der Waals surface area contributed by atoms with Crippen LogP contribution in [0.4, 0.5) is 0 Å². The summed E-state index contributed by atoms with van der Waals surface area (Å²) in [5, 5.41) is -1.67. The first kappa shape index (κ1) is 30.8. The molecule has 198 valence electrons. The molecule has 0 amide bonds. The van der Waals surface area contributed by atoms with E-state index in [0.29, 0.717) is 38.5 Å². The highest BCUT2D eigenvalue weighted by Gasteiger charge is 2.33. The van der Waals surface area contributed by atoms with E-state index in [2.05, 4.69) is 7.26 Å². The van der Waals surface area contributed by atoms with Gasteiger partial charge in [-0.1, -0.05) is 58.8 Å². The molecule has 1 rings (SSSR count). The second-order valence-electron chi connectivity index (χ2n) is 8.49. The fourth-order valence-electron chi connectivity index (χ4n) is 3.72. The number of hydrogen-bond acceptors (Lipinski definition) is 10. The lowest BCUT2D eigenvalue weighted by Gasteiger charge is -2.20. The molecule has 0 saturated heterocycles. The van der Waals surface area contributed by atoms with Crippen molar-refractivity contribution in [1.82, 2.24) is 0 Å². The molecule has 0 aromatic heterocycles. The van der Waals surface area contributed by atoms with Gasteiger partial charge in [0.1, 0.15) is 0 Å². The Hall–Kier alpha value is -0.280. The summed E-state index contributed by atoms with van der Waals surface area (Å²) in [6, 6.07) is 0. The van der Waals surface area contributed by atoms with Crippen LogP contribution in [0.25, 0.3) is 0 Å². The lowest BCUT2D eigenvalue weighted by atomic mass is 10.0. The lowest BCUT2D eigenvalue weighted by molar-refractivity contribution is 0.420. The molecule has 0 bridgehead atoms. The fraction of sp³-hybridized carbons (Fsp3) is 1.00. The Balaban J connectivity index is 2.40. The molecule has 1 saturated carbocycles. The first-order valence-electron chi connectivity index (χ1n) is 11.6. The van der Waals surface area contributed by atoms with Crippen molar-refractivity contribution < 1.29 is 40.9 Å². The SMILES string of the molecule is CCCCC(CC)S(=O)(=O)OS(=O)(=O)CCCCCCS(=O)(=O)OS(=O)(=O)C1CCCCC1. The molecule has 1 fully saturated rings. The Bertz CT molecular complexity index is 993. The van der Waals surface area contributed by atoms with Gasteiger partial charge in [0.2, 0.25) is 0 Å². The zero-order valence-corrected chi connectivity index (χ0v) is 22.7. The molecule has 0 heterocycles. The van der Waals surface area contributed by atoms with E-state index in [-0.39, 0.29) is 19.3 Å². The number of hydrogen-bond donors (Lipinski definition) is 0. The monoisotopic (exact) mass is 554 g/mol. The van der Waals surface area contributed by atoms with Crippen LogP contribution in [-0.4, -0.2) is 55.7 Å². The molecule has 0 N–H and O–H groups in total. The second-order valence-corrected chi connectivity index (χ2v) is 15.9. The van der Waals surface area contributed by atoms with Crippen LogP contribution >= 0.6 is 0 Å². The van der Waals surface area contributed by atoms with E-state index in [0.717, 1.165) is 25.7 Å². The van der Waals surface area contributed by atoms with Crippen LogP contribution < -0.4 is 0 Å². The highest BCUT2D eigenvalue weighted by atomic mass is 32.3. The third-order valence-electron chi connectivity index (χ3n) is 5.64. The largest absolute Gasteiger partial charge is 0.284 e. The summed E-state index contributed by atoms with van der Waals surface area (Å²) < 4.78 is 106. The van der Waals surface area contributed by atoms with Crippen LogP contribution in [0.2, 0.25) is 0 Å². The average Bonchev–Trinajstić information content (AvgIpc) is 2.70. The molecule has 0 aromatic rings. The quantitative estimate of drug-likeness (QED) is 0.245. The molecule has 0 aromatic carbocycles. The third kappa shape index (κ3) is 11.8. The standard InChI is InChI=1S/C19H38O10S4/c1-3-5-13-18(4-2)32(24,25)28-30(20,21)16-11-6-7-12-17-31(22,23)29-33(26,27)19-14-9-8-10-15-19/h18-19H,3-17H2,1-2H3. The van der Waals surface area contributed by atoms with Crippen molar-refractivity contribution in [2.75, 3.05) is 11.5 Å². The van der Waals surface area contributed by atoms with E-state index in [1.54, 1.807) is 6.92 Å². The Kier molecular flexibility index (Phi) is 12.8. The zero-order valence-electron chi connectivity index (χ0n) is 19.5. The van der Waals surface area contributed by atoms with E-state index in [1.807, 2.05) is 6.92 Å². The van der Waals surface area contributed by atoms with E-state index >= 15 is 0 Å². The molecule has 1 atom stereocenters. The minimum Gasteiger partial charge on any atom is -0.198 e. The highest BCUT2D eigenvalue weighted by Crippen LogP contribution is 2.26. The van der Waals surface area contributed by atoms with Crippen molar-refractivity contribution in [3.63, 3.8) is 0 Å². The minimum atomic E-state index is -4.28. The van der Waals surface area contributed by atoms with Gasteiger partial charge in [-0.25, -0.2) is 0 Å². The van der Waals surface area contributed by atoms with Crippen LogP contribution in [0.3, 0.4) is 0 Å². The van der Waals surface area contributed by atoms with Gasteiger partial charge in [-0.15, -0.1) is 7.26 Å². The summed E-state index contributed by atoms with van der Waals surface area (Å²) >= 11 is 0. The van der Waals surface area contributed by atoms with Gasteiger partial charge in [0, 0.05) is 0 Å². The minimum absolute atomic E-state index is 0.0882. The molecule has 10 nitrogen and oxygen atoms in total. The van der Waals surface area contributed by atoms with Gasteiger partial charge in [0.25, 0.3) is 40.5 Å². The first-order valence-corrected chi connectivity index (χ1v) is 17.7. The van der Waals surface area contributed by atoms with Gasteiger partial charge in [-0.05, 0) is 38.5 Å². The molecule has 0 radical (unpaired) electrons. The van der Waals surface area contributed by atoms with Crippen molar-refractivity contribution in [2.24, 2.45) is 0 Å². The summed E-state index contributed by atoms with van der Waals surface area (Å²) in [5.74, 6) is -0.998. The summed E-state index contributed by atoms with van der Waals surface area (Å²) in [5.41, 5.74) is 0. The first-order chi connectivity index (χ1) is 15.2. The van der Waals surface area contributed by atoms with E-state index < -0.39 is 62.5 Å². The van der Waals surface area contributed by atoms with Gasteiger partial charge in [-0.2, -0.15) is 33.7 Å². The lowest BCUT2D eigenvalue weighted by Crippen LogP contribution is -2.29. The van der Waals surface area contributed by atoms with Crippen LogP contribution in [0, 0.1) is 0 Å². The smallest absolute Gasteiger partial charge is 0.198 e. The second kappa shape index (κ2) is 13.7. The van der Waals surface area contributed by atoms with Crippen LogP contribution in [-0.2, 0) is 47.7 Å². The molecule has 1 aliphatic rings. The van der Waals surface area contributed by atoms with Gasteiger partial charge in [-0.3, -0.25) is 0 Å². The summed E-state index contributed by atoms with van der Waals surface area (Å²) in [6.45, 7) is 3.57. The average molecular weight is 555 g/mol. The highest BCUT2D eigenvalue weighted by molar-refractivity contribution is 8.00. The van der Waals surface area contributed by atoms with Gasteiger partial charge < -0.3 is 0 Å². The van der Waals surface area contributed by atoms with Gasteiger partial charge in [0.05, 0.1) is 22.0 Å². The predicted octanol–water partition coefficient (Wildman–Crippen LogP) is 3.20. The Morgan fingerprint density at radius 2 is 1.21 bits per heavy atom. The maximum absolute atomic E-state index is 12.2. The van der Waals surface area contributed by atoms with Crippen LogP contribution in [0.15, 0.2) is 0 Å². The Morgan fingerprint density at radius 3 is 1.70 bits per heavy atom. The molecule has 14 heteroatoms. The maximum atomic E-state index is 12.2. The van der Waals surface area contributed by atoms with Gasteiger partial charge in [0.15, 0.2) is 0 Å². The number of unbranched alkanes of at least 4 members (excludes halogenated alkanes) is 4. The molecule has 0 spiro atoms. The number of rotatable bonds is 17. The normalized spacial score (nSPS) is 17.8. The zero-order chi connectivity index (χ0) is 25.2. The topological polar surface area (TPSA) is 155 Å².